The minimum Gasteiger partial charge on any atom is -0.384 e. The molecule has 3 heterocycles. The predicted octanol–water partition coefficient (Wildman–Crippen LogP) is 0.827. The van der Waals surface area contributed by atoms with Crippen LogP contribution in [-0.2, 0) is 23.0 Å². The van der Waals surface area contributed by atoms with Gasteiger partial charge in [-0.05, 0) is 50.3 Å². The molecule has 2 saturated heterocycles. The van der Waals surface area contributed by atoms with Crippen molar-refractivity contribution in [3.05, 3.63) is 18.0 Å². The molecule has 1 amide bonds. The Morgan fingerprint density at radius 3 is 2.91 bits per heavy atom. The number of hydrogen-bond donors (Lipinski definition) is 1. The first kappa shape index (κ1) is 16.5. The van der Waals surface area contributed by atoms with Crippen LogP contribution in [0.4, 0.5) is 0 Å². The molecule has 2 fully saturated rings. The number of aromatic nitrogens is 2. The van der Waals surface area contributed by atoms with Gasteiger partial charge in [0.2, 0.25) is 5.91 Å². The Hall–Kier alpha value is -1.40. The summed E-state index contributed by atoms with van der Waals surface area (Å²) < 4.78 is 7.25. The number of rotatable bonds is 5. The summed E-state index contributed by atoms with van der Waals surface area (Å²) in [6.07, 6.45) is 7.86. The first-order valence-corrected chi connectivity index (χ1v) is 8.59. The molecular formula is C17H28N4O2. The minimum atomic E-state index is -0.316. The number of carbonyl (C=O) groups excluding carboxylic acids is 1. The topological polar surface area (TPSA) is 59.4 Å². The number of likely N-dealkylation sites (tertiary alicyclic amines) is 1. The highest BCUT2D eigenvalue weighted by Crippen LogP contribution is 2.34. The Morgan fingerprint density at radius 2 is 2.26 bits per heavy atom. The van der Waals surface area contributed by atoms with Crippen molar-refractivity contribution >= 4 is 5.91 Å². The summed E-state index contributed by atoms with van der Waals surface area (Å²) in [7, 11) is 3.64. The summed E-state index contributed by atoms with van der Waals surface area (Å²) in [5, 5.41) is 7.59. The predicted molar refractivity (Wildman–Crippen MR) is 88.0 cm³/mol. The van der Waals surface area contributed by atoms with Crippen LogP contribution in [0.5, 0.6) is 0 Å². The molecule has 1 aromatic heterocycles. The minimum absolute atomic E-state index is 0.300. The molecular weight excluding hydrogens is 292 g/mol. The number of nitrogens with zero attached hydrogens (tertiary/aromatic N) is 3. The van der Waals surface area contributed by atoms with Crippen molar-refractivity contribution in [2.75, 3.05) is 39.9 Å². The van der Waals surface area contributed by atoms with Gasteiger partial charge in [-0.3, -0.25) is 9.48 Å². The van der Waals surface area contributed by atoms with Gasteiger partial charge in [-0.15, -0.1) is 0 Å². The molecule has 3 rings (SSSR count). The molecule has 0 saturated carbocycles. The normalized spacial score (nSPS) is 24.1. The molecule has 0 bridgehead atoms. The smallest absolute Gasteiger partial charge is 0.231 e. The van der Waals surface area contributed by atoms with Crippen LogP contribution in [0.1, 0.15) is 24.8 Å². The zero-order chi connectivity index (χ0) is 16.3. The summed E-state index contributed by atoms with van der Waals surface area (Å²) in [6, 6.07) is 0. The molecule has 0 radical (unpaired) electrons. The third-order valence-corrected chi connectivity index (χ3v) is 5.29. The van der Waals surface area contributed by atoms with Crippen LogP contribution in [0.15, 0.2) is 12.4 Å². The largest absolute Gasteiger partial charge is 0.384 e. The second-order valence-corrected chi connectivity index (χ2v) is 7.10. The summed E-state index contributed by atoms with van der Waals surface area (Å²) in [5.74, 6) is 0.846. The van der Waals surface area contributed by atoms with E-state index in [1.54, 1.807) is 7.11 Å². The molecule has 2 aliphatic rings. The van der Waals surface area contributed by atoms with Gasteiger partial charge in [0, 0.05) is 33.4 Å². The molecule has 23 heavy (non-hydrogen) atoms. The number of amides is 1. The number of methoxy groups -OCH3 is 1. The molecule has 1 unspecified atom stereocenters. The van der Waals surface area contributed by atoms with Gasteiger partial charge in [0.05, 0.1) is 18.2 Å². The van der Waals surface area contributed by atoms with E-state index in [4.69, 9.17) is 4.74 Å². The molecule has 6 heteroatoms. The van der Waals surface area contributed by atoms with Gasteiger partial charge in [0.25, 0.3) is 0 Å². The SMILES string of the molecule is COCC1(C(=O)N2CCC(Cc3cnn(C)c3)C2)CCNCC1. The standard InChI is InChI=1S/C17H28N4O2/c1-20-11-15(10-19-20)9-14-3-8-21(12-14)16(22)17(13-23-2)4-6-18-7-5-17/h10-11,14,18H,3-9,12-13H2,1-2H3. The second kappa shape index (κ2) is 7.01. The Bertz CT molecular complexity index is 531. The van der Waals surface area contributed by atoms with Gasteiger partial charge in [0.1, 0.15) is 0 Å². The van der Waals surface area contributed by atoms with Gasteiger partial charge in [-0.25, -0.2) is 0 Å². The van der Waals surface area contributed by atoms with Crippen LogP contribution in [-0.4, -0.2) is 60.5 Å². The van der Waals surface area contributed by atoms with Crippen molar-refractivity contribution in [3.63, 3.8) is 0 Å². The highest BCUT2D eigenvalue weighted by molar-refractivity contribution is 5.83. The van der Waals surface area contributed by atoms with Crippen molar-refractivity contribution < 1.29 is 9.53 Å². The maximum absolute atomic E-state index is 13.1. The highest BCUT2D eigenvalue weighted by Gasteiger charge is 2.43. The lowest BCUT2D eigenvalue weighted by Crippen LogP contribution is -2.51. The Kier molecular flexibility index (Phi) is 5.02. The molecule has 0 aromatic carbocycles. The Labute approximate surface area is 138 Å². The average molecular weight is 320 g/mol. The zero-order valence-electron chi connectivity index (χ0n) is 14.3. The number of ether oxygens (including phenoxy) is 1. The highest BCUT2D eigenvalue weighted by atomic mass is 16.5. The van der Waals surface area contributed by atoms with Gasteiger partial charge in [-0.2, -0.15) is 5.10 Å². The fourth-order valence-corrected chi connectivity index (χ4v) is 4.03. The van der Waals surface area contributed by atoms with E-state index < -0.39 is 0 Å². The summed E-state index contributed by atoms with van der Waals surface area (Å²) >= 11 is 0. The third kappa shape index (κ3) is 3.58. The van der Waals surface area contributed by atoms with Crippen molar-refractivity contribution in [3.8, 4) is 0 Å². The molecule has 1 atom stereocenters. The van der Waals surface area contributed by atoms with E-state index in [0.29, 0.717) is 18.4 Å². The van der Waals surface area contributed by atoms with Gasteiger partial charge < -0.3 is 15.0 Å². The van der Waals surface area contributed by atoms with E-state index >= 15 is 0 Å². The Morgan fingerprint density at radius 1 is 1.48 bits per heavy atom. The van der Waals surface area contributed by atoms with Crippen molar-refractivity contribution in [1.29, 1.82) is 0 Å². The summed E-state index contributed by atoms with van der Waals surface area (Å²) in [5.41, 5.74) is 0.948. The van der Waals surface area contributed by atoms with Gasteiger partial charge in [0.15, 0.2) is 0 Å². The van der Waals surface area contributed by atoms with Crippen LogP contribution in [0.3, 0.4) is 0 Å². The molecule has 1 N–H and O–H groups in total. The number of carbonyl (C=O) groups is 1. The van der Waals surface area contributed by atoms with Crippen LogP contribution in [0.25, 0.3) is 0 Å². The van der Waals surface area contributed by atoms with E-state index in [-0.39, 0.29) is 5.41 Å². The molecule has 6 nitrogen and oxygen atoms in total. The molecule has 1 aromatic rings. The van der Waals surface area contributed by atoms with E-state index in [1.165, 1.54) is 5.56 Å². The van der Waals surface area contributed by atoms with Crippen molar-refractivity contribution in [2.45, 2.75) is 25.7 Å². The fraction of sp³-hybridized carbons (Fsp3) is 0.765. The van der Waals surface area contributed by atoms with Gasteiger partial charge >= 0.3 is 0 Å². The molecule has 2 aliphatic heterocycles. The van der Waals surface area contributed by atoms with E-state index in [1.807, 2.05) is 17.9 Å². The molecule has 0 aliphatic carbocycles. The molecule has 128 valence electrons. The van der Waals surface area contributed by atoms with Crippen molar-refractivity contribution in [2.24, 2.45) is 18.4 Å². The van der Waals surface area contributed by atoms with Crippen molar-refractivity contribution in [1.82, 2.24) is 20.0 Å². The lowest BCUT2D eigenvalue weighted by molar-refractivity contribution is -0.146. The summed E-state index contributed by atoms with van der Waals surface area (Å²) in [6.45, 7) is 4.09. The number of nitrogens with one attached hydrogen (secondary N) is 1. The lowest BCUT2D eigenvalue weighted by atomic mass is 9.78. The van der Waals surface area contributed by atoms with E-state index in [0.717, 1.165) is 51.9 Å². The fourth-order valence-electron chi connectivity index (χ4n) is 4.03. The van der Waals surface area contributed by atoms with Crippen LogP contribution >= 0.6 is 0 Å². The second-order valence-electron chi connectivity index (χ2n) is 7.10. The van der Waals surface area contributed by atoms with Crippen LogP contribution < -0.4 is 5.32 Å². The monoisotopic (exact) mass is 320 g/mol. The zero-order valence-corrected chi connectivity index (χ0v) is 14.3. The molecule has 0 spiro atoms. The first-order chi connectivity index (χ1) is 11.1. The van der Waals surface area contributed by atoms with E-state index in [2.05, 4.69) is 21.5 Å². The number of aryl methyl sites for hydroxylation is 1. The quantitative estimate of drug-likeness (QED) is 0.873. The Balaban J connectivity index is 1.61. The average Bonchev–Trinajstić information content (AvgIpc) is 3.17. The maximum Gasteiger partial charge on any atom is 0.231 e. The van der Waals surface area contributed by atoms with E-state index in [9.17, 15) is 4.79 Å². The number of piperidine rings is 1. The third-order valence-electron chi connectivity index (χ3n) is 5.29. The summed E-state index contributed by atoms with van der Waals surface area (Å²) in [4.78, 5) is 15.2. The first-order valence-electron chi connectivity index (χ1n) is 8.59. The van der Waals surface area contributed by atoms with Crippen LogP contribution in [0.2, 0.25) is 0 Å². The lowest BCUT2D eigenvalue weighted by Gasteiger charge is -2.38. The number of hydrogen-bond acceptors (Lipinski definition) is 4. The van der Waals surface area contributed by atoms with Gasteiger partial charge in [-0.1, -0.05) is 0 Å². The van der Waals surface area contributed by atoms with Crippen LogP contribution in [0, 0.1) is 11.3 Å². The maximum atomic E-state index is 13.1.